The van der Waals surface area contributed by atoms with Crippen molar-refractivity contribution in [1.29, 1.82) is 0 Å². The van der Waals surface area contributed by atoms with Crippen LogP contribution in [0.2, 0.25) is 0 Å². The molecule has 1 aromatic rings. The Morgan fingerprint density at radius 2 is 1.69 bits per heavy atom. The Bertz CT molecular complexity index is 410. The summed E-state index contributed by atoms with van der Waals surface area (Å²) in [6.07, 6.45) is 0. The van der Waals surface area contributed by atoms with Crippen molar-refractivity contribution in [3.05, 3.63) is 35.4 Å². The second kappa shape index (κ2) is 4.03. The van der Waals surface area contributed by atoms with Crippen molar-refractivity contribution >= 4 is 11.8 Å². The SMILES string of the molecule is NC(CO)CN1C(=O)c2ccccc2C1=O. The Kier molecular flexibility index (Phi) is 2.72. The third kappa shape index (κ3) is 1.60. The van der Waals surface area contributed by atoms with Crippen molar-refractivity contribution in [3.8, 4) is 0 Å². The van der Waals surface area contributed by atoms with Gasteiger partial charge in [0.25, 0.3) is 11.8 Å². The number of aliphatic hydroxyl groups is 1. The van der Waals surface area contributed by atoms with Gasteiger partial charge in [-0.25, -0.2) is 0 Å². The number of nitrogens with two attached hydrogens (primary N) is 1. The largest absolute Gasteiger partial charge is 0.395 e. The molecule has 2 rings (SSSR count). The zero-order valence-electron chi connectivity index (χ0n) is 8.59. The Hall–Kier alpha value is -1.72. The molecule has 0 saturated heterocycles. The van der Waals surface area contributed by atoms with Gasteiger partial charge in [0.2, 0.25) is 0 Å². The van der Waals surface area contributed by atoms with Crippen LogP contribution in [0.15, 0.2) is 24.3 Å². The summed E-state index contributed by atoms with van der Waals surface area (Å²) in [5.74, 6) is -0.686. The fourth-order valence-corrected chi connectivity index (χ4v) is 1.70. The predicted molar refractivity (Wildman–Crippen MR) is 56.9 cm³/mol. The van der Waals surface area contributed by atoms with Gasteiger partial charge in [-0.1, -0.05) is 12.1 Å². The average Bonchev–Trinajstić information content (AvgIpc) is 2.55. The van der Waals surface area contributed by atoms with Crippen molar-refractivity contribution in [2.75, 3.05) is 13.2 Å². The second-order valence-corrected chi connectivity index (χ2v) is 3.71. The van der Waals surface area contributed by atoms with Crippen LogP contribution in [0, 0.1) is 0 Å². The quantitative estimate of drug-likeness (QED) is 0.679. The van der Waals surface area contributed by atoms with Crippen molar-refractivity contribution in [1.82, 2.24) is 4.90 Å². The molecule has 5 heteroatoms. The maximum atomic E-state index is 11.8. The number of nitrogens with zero attached hydrogens (tertiary/aromatic N) is 1. The maximum absolute atomic E-state index is 11.8. The minimum atomic E-state index is -0.595. The van der Waals surface area contributed by atoms with Crippen LogP contribution in [0.3, 0.4) is 0 Å². The summed E-state index contributed by atoms with van der Waals surface area (Å²) in [5.41, 5.74) is 6.32. The standard InChI is InChI=1S/C11H12N2O3/c12-7(6-14)5-13-10(15)8-3-1-2-4-9(8)11(13)16/h1-4,7,14H,5-6,12H2. The molecule has 84 valence electrons. The molecule has 0 radical (unpaired) electrons. The van der Waals surface area contributed by atoms with Gasteiger partial charge in [-0.05, 0) is 12.1 Å². The first-order chi connectivity index (χ1) is 7.65. The van der Waals surface area contributed by atoms with E-state index >= 15 is 0 Å². The summed E-state index contributed by atoms with van der Waals surface area (Å²) < 4.78 is 0. The number of hydrogen-bond donors (Lipinski definition) is 2. The molecule has 0 aliphatic carbocycles. The zero-order chi connectivity index (χ0) is 11.7. The molecule has 1 heterocycles. The van der Waals surface area contributed by atoms with Gasteiger partial charge in [0.05, 0.1) is 17.7 Å². The van der Waals surface area contributed by atoms with E-state index in [4.69, 9.17) is 10.8 Å². The van der Waals surface area contributed by atoms with Crippen molar-refractivity contribution in [2.24, 2.45) is 5.73 Å². The molecule has 5 nitrogen and oxygen atoms in total. The minimum Gasteiger partial charge on any atom is -0.395 e. The van der Waals surface area contributed by atoms with E-state index in [-0.39, 0.29) is 25.0 Å². The topological polar surface area (TPSA) is 83.6 Å². The van der Waals surface area contributed by atoms with Crippen molar-refractivity contribution < 1.29 is 14.7 Å². The Balaban J connectivity index is 2.28. The highest BCUT2D eigenvalue weighted by molar-refractivity contribution is 6.21. The van der Waals surface area contributed by atoms with E-state index in [1.54, 1.807) is 24.3 Å². The molecule has 0 bridgehead atoms. The van der Waals surface area contributed by atoms with Crippen LogP contribution >= 0.6 is 0 Å². The molecule has 1 aliphatic heterocycles. The molecule has 2 amide bonds. The average molecular weight is 220 g/mol. The Morgan fingerprint density at radius 1 is 1.19 bits per heavy atom. The molecular weight excluding hydrogens is 208 g/mol. The molecule has 1 aliphatic rings. The van der Waals surface area contributed by atoms with Crippen LogP contribution in [0.4, 0.5) is 0 Å². The summed E-state index contributed by atoms with van der Waals surface area (Å²) in [6.45, 7) is -0.212. The third-order valence-electron chi connectivity index (χ3n) is 2.53. The lowest BCUT2D eigenvalue weighted by Crippen LogP contribution is -2.42. The number of rotatable bonds is 3. The van der Waals surface area contributed by atoms with Gasteiger partial charge in [0, 0.05) is 12.6 Å². The molecular formula is C11H12N2O3. The molecule has 3 N–H and O–H groups in total. The molecule has 0 spiro atoms. The van der Waals surface area contributed by atoms with E-state index in [1.807, 2.05) is 0 Å². The fourth-order valence-electron chi connectivity index (χ4n) is 1.70. The van der Waals surface area contributed by atoms with Crippen LogP contribution in [-0.2, 0) is 0 Å². The summed E-state index contributed by atoms with van der Waals surface area (Å²) in [5, 5.41) is 8.81. The van der Waals surface area contributed by atoms with Gasteiger partial charge in [-0.3, -0.25) is 14.5 Å². The number of carbonyl (C=O) groups is 2. The van der Waals surface area contributed by atoms with E-state index in [2.05, 4.69) is 0 Å². The van der Waals surface area contributed by atoms with Crippen LogP contribution in [0.5, 0.6) is 0 Å². The molecule has 0 fully saturated rings. The number of benzene rings is 1. The number of fused-ring (bicyclic) bond motifs is 1. The first-order valence-corrected chi connectivity index (χ1v) is 4.97. The number of aliphatic hydroxyl groups excluding tert-OH is 1. The molecule has 1 unspecified atom stereocenters. The summed E-state index contributed by atoms with van der Waals surface area (Å²) in [7, 11) is 0. The van der Waals surface area contributed by atoms with E-state index in [1.165, 1.54) is 0 Å². The van der Waals surface area contributed by atoms with Gasteiger partial charge in [0.15, 0.2) is 0 Å². The highest BCUT2D eigenvalue weighted by Crippen LogP contribution is 2.22. The Labute approximate surface area is 92.5 Å². The molecule has 1 atom stereocenters. The van der Waals surface area contributed by atoms with Crippen molar-refractivity contribution in [2.45, 2.75) is 6.04 Å². The first-order valence-electron chi connectivity index (χ1n) is 4.97. The molecule has 16 heavy (non-hydrogen) atoms. The predicted octanol–water partition coefficient (Wildman–Crippen LogP) is -0.398. The Morgan fingerprint density at radius 3 is 2.12 bits per heavy atom. The fraction of sp³-hybridized carbons (Fsp3) is 0.273. The van der Waals surface area contributed by atoms with Crippen LogP contribution in [0.1, 0.15) is 20.7 Å². The van der Waals surface area contributed by atoms with E-state index in [0.29, 0.717) is 11.1 Å². The summed E-state index contributed by atoms with van der Waals surface area (Å²) in [6, 6.07) is 6.04. The minimum absolute atomic E-state index is 0.0445. The zero-order valence-corrected chi connectivity index (χ0v) is 8.59. The number of carbonyl (C=O) groups excluding carboxylic acids is 2. The summed E-state index contributed by atoms with van der Waals surface area (Å²) >= 11 is 0. The van der Waals surface area contributed by atoms with Gasteiger partial charge in [0.1, 0.15) is 0 Å². The normalized spacial score (nSPS) is 16.5. The molecule has 1 aromatic carbocycles. The molecule has 0 saturated carbocycles. The summed E-state index contributed by atoms with van der Waals surface area (Å²) in [4.78, 5) is 24.7. The lowest BCUT2D eigenvalue weighted by atomic mass is 10.1. The smallest absolute Gasteiger partial charge is 0.261 e. The first kappa shape index (κ1) is 10.8. The highest BCUT2D eigenvalue weighted by Gasteiger charge is 2.35. The maximum Gasteiger partial charge on any atom is 0.261 e. The van der Waals surface area contributed by atoms with Crippen LogP contribution < -0.4 is 5.73 Å². The highest BCUT2D eigenvalue weighted by atomic mass is 16.3. The second-order valence-electron chi connectivity index (χ2n) is 3.71. The third-order valence-corrected chi connectivity index (χ3v) is 2.53. The van der Waals surface area contributed by atoms with Gasteiger partial charge in [-0.2, -0.15) is 0 Å². The van der Waals surface area contributed by atoms with Crippen LogP contribution in [0.25, 0.3) is 0 Å². The van der Waals surface area contributed by atoms with Gasteiger partial charge in [-0.15, -0.1) is 0 Å². The number of hydrogen-bond acceptors (Lipinski definition) is 4. The van der Waals surface area contributed by atoms with Gasteiger partial charge >= 0.3 is 0 Å². The lowest BCUT2D eigenvalue weighted by molar-refractivity contribution is 0.0633. The van der Waals surface area contributed by atoms with E-state index in [9.17, 15) is 9.59 Å². The van der Waals surface area contributed by atoms with Crippen LogP contribution in [-0.4, -0.2) is 41.0 Å². The number of amides is 2. The number of imide groups is 1. The van der Waals surface area contributed by atoms with E-state index < -0.39 is 6.04 Å². The lowest BCUT2D eigenvalue weighted by Gasteiger charge is -2.17. The molecule has 0 aromatic heterocycles. The monoisotopic (exact) mass is 220 g/mol. The van der Waals surface area contributed by atoms with Gasteiger partial charge < -0.3 is 10.8 Å². The van der Waals surface area contributed by atoms with E-state index in [0.717, 1.165) is 4.90 Å². The van der Waals surface area contributed by atoms with Crippen molar-refractivity contribution in [3.63, 3.8) is 0 Å².